The van der Waals surface area contributed by atoms with Crippen molar-refractivity contribution in [3.8, 4) is 17.6 Å². The summed E-state index contributed by atoms with van der Waals surface area (Å²) in [6.45, 7) is 1.89. The smallest absolute Gasteiger partial charge is 0.319 e. The van der Waals surface area contributed by atoms with Crippen molar-refractivity contribution in [1.29, 1.82) is 0 Å². The number of aromatic amines is 1. The quantitative estimate of drug-likeness (QED) is 0.590. The molecule has 0 unspecified atom stereocenters. The van der Waals surface area contributed by atoms with Gasteiger partial charge in [-0.1, -0.05) is 24.3 Å². The molecule has 0 saturated carbocycles. The van der Waals surface area contributed by atoms with Gasteiger partial charge >= 0.3 is 6.01 Å². The first-order chi connectivity index (χ1) is 12.7. The van der Waals surface area contributed by atoms with Crippen molar-refractivity contribution in [2.24, 2.45) is 0 Å². The highest BCUT2D eigenvalue weighted by atomic mass is 16.5. The second kappa shape index (κ2) is 6.84. The fraction of sp³-hybridized carbons (Fsp3) is 0.150. The lowest BCUT2D eigenvalue weighted by atomic mass is 10.1. The Morgan fingerprint density at radius 2 is 1.81 bits per heavy atom. The predicted molar refractivity (Wildman–Crippen MR) is 98.7 cm³/mol. The van der Waals surface area contributed by atoms with Crippen molar-refractivity contribution < 1.29 is 9.47 Å². The van der Waals surface area contributed by atoms with Crippen LogP contribution >= 0.6 is 0 Å². The van der Waals surface area contributed by atoms with E-state index >= 15 is 0 Å². The number of aryl methyl sites for hydroxylation is 1. The number of hydrogen-bond acceptors (Lipinski definition) is 5. The molecule has 0 radical (unpaired) electrons. The monoisotopic (exact) mass is 346 g/mol. The number of hydrogen-bond donors (Lipinski definition) is 1. The van der Waals surface area contributed by atoms with E-state index in [9.17, 15) is 0 Å². The standard InChI is InChI=1S/C20H18N4O2/c1-13-12-21-20(25-2)24-19(13)26-15-9-7-14(8-10-15)11-18-22-16-5-3-4-6-17(16)23-18/h3-10,12H,11H2,1-2H3,(H,22,23). The highest BCUT2D eigenvalue weighted by Gasteiger charge is 2.08. The number of nitrogens with zero attached hydrogens (tertiary/aromatic N) is 3. The van der Waals surface area contributed by atoms with Crippen LogP contribution in [0.25, 0.3) is 11.0 Å². The lowest BCUT2D eigenvalue weighted by Gasteiger charge is -2.08. The molecule has 2 aromatic heterocycles. The maximum atomic E-state index is 5.85. The van der Waals surface area contributed by atoms with Crippen molar-refractivity contribution in [1.82, 2.24) is 19.9 Å². The van der Waals surface area contributed by atoms with Gasteiger partial charge in [0.2, 0.25) is 5.88 Å². The van der Waals surface area contributed by atoms with E-state index in [0.29, 0.717) is 11.6 Å². The summed E-state index contributed by atoms with van der Waals surface area (Å²) < 4.78 is 10.9. The van der Waals surface area contributed by atoms with E-state index in [2.05, 4.69) is 19.9 Å². The van der Waals surface area contributed by atoms with Crippen LogP contribution in [-0.2, 0) is 6.42 Å². The summed E-state index contributed by atoms with van der Waals surface area (Å²) in [7, 11) is 1.53. The fourth-order valence-electron chi connectivity index (χ4n) is 2.68. The minimum absolute atomic E-state index is 0.284. The Morgan fingerprint density at radius 1 is 1.00 bits per heavy atom. The minimum Gasteiger partial charge on any atom is -0.467 e. The summed E-state index contributed by atoms with van der Waals surface area (Å²) in [5.41, 5.74) is 4.02. The van der Waals surface area contributed by atoms with Gasteiger partial charge in [0, 0.05) is 18.2 Å². The molecular weight excluding hydrogens is 328 g/mol. The summed E-state index contributed by atoms with van der Waals surface area (Å²) in [5, 5.41) is 0. The highest BCUT2D eigenvalue weighted by Crippen LogP contribution is 2.24. The van der Waals surface area contributed by atoms with Crippen LogP contribution in [0, 0.1) is 6.92 Å². The summed E-state index contributed by atoms with van der Waals surface area (Å²) >= 11 is 0. The molecule has 2 heterocycles. The molecule has 0 spiro atoms. The molecule has 1 N–H and O–H groups in total. The number of nitrogens with one attached hydrogen (secondary N) is 1. The SMILES string of the molecule is COc1ncc(C)c(Oc2ccc(Cc3nc4ccccc4[nH]3)cc2)n1. The van der Waals surface area contributed by atoms with Gasteiger partial charge in [0.05, 0.1) is 18.1 Å². The second-order valence-electron chi connectivity index (χ2n) is 5.97. The lowest BCUT2D eigenvalue weighted by molar-refractivity contribution is 0.365. The van der Waals surface area contributed by atoms with E-state index in [0.717, 1.165) is 34.4 Å². The molecule has 6 nitrogen and oxygen atoms in total. The first kappa shape index (κ1) is 16.1. The largest absolute Gasteiger partial charge is 0.467 e. The molecule has 4 aromatic rings. The zero-order chi connectivity index (χ0) is 17.9. The minimum atomic E-state index is 0.284. The number of aromatic nitrogens is 4. The first-order valence-electron chi connectivity index (χ1n) is 8.29. The molecule has 0 aliphatic rings. The molecule has 0 saturated heterocycles. The Morgan fingerprint density at radius 3 is 2.58 bits per heavy atom. The highest BCUT2D eigenvalue weighted by molar-refractivity contribution is 5.74. The van der Waals surface area contributed by atoms with Crippen LogP contribution in [0.4, 0.5) is 0 Å². The van der Waals surface area contributed by atoms with Crippen LogP contribution in [0.1, 0.15) is 17.0 Å². The van der Waals surface area contributed by atoms with Gasteiger partial charge in [-0.25, -0.2) is 9.97 Å². The fourth-order valence-corrected chi connectivity index (χ4v) is 2.68. The predicted octanol–water partition coefficient (Wildman–Crippen LogP) is 4.05. The zero-order valence-electron chi connectivity index (χ0n) is 14.6. The van der Waals surface area contributed by atoms with Crippen molar-refractivity contribution in [2.75, 3.05) is 7.11 Å². The molecule has 130 valence electrons. The van der Waals surface area contributed by atoms with Crippen LogP contribution in [-0.4, -0.2) is 27.0 Å². The van der Waals surface area contributed by atoms with E-state index in [4.69, 9.17) is 9.47 Å². The first-order valence-corrected chi connectivity index (χ1v) is 8.29. The van der Waals surface area contributed by atoms with Crippen molar-refractivity contribution in [3.05, 3.63) is 71.7 Å². The van der Waals surface area contributed by atoms with Gasteiger partial charge in [0.25, 0.3) is 0 Å². The third-order valence-electron chi connectivity index (χ3n) is 4.03. The number of methoxy groups -OCH3 is 1. The van der Waals surface area contributed by atoms with Gasteiger partial charge in [-0.05, 0) is 36.8 Å². The van der Waals surface area contributed by atoms with Crippen molar-refractivity contribution >= 4 is 11.0 Å². The van der Waals surface area contributed by atoms with Crippen molar-refractivity contribution in [2.45, 2.75) is 13.3 Å². The topological polar surface area (TPSA) is 72.9 Å². The second-order valence-corrected chi connectivity index (χ2v) is 5.97. The van der Waals surface area contributed by atoms with E-state index in [1.165, 1.54) is 7.11 Å². The number of fused-ring (bicyclic) bond motifs is 1. The normalized spacial score (nSPS) is 10.8. The Labute approximate surface area is 150 Å². The van der Waals surface area contributed by atoms with Crippen molar-refractivity contribution in [3.63, 3.8) is 0 Å². The van der Waals surface area contributed by atoms with Gasteiger partial charge in [0.1, 0.15) is 11.6 Å². The average Bonchev–Trinajstić information content (AvgIpc) is 3.07. The number of benzene rings is 2. The molecule has 0 aliphatic carbocycles. The number of imidazole rings is 1. The van der Waals surface area contributed by atoms with Gasteiger partial charge < -0.3 is 14.5 Å². The molecule has 2 aromatic carbocycles. The Hall–Kier alpha value is -3.41. The van der Waals surface area contributed by atoms with Crippen LogP contribution in [0.15, 0.2) is 54.7 Å². The molecule has 0 bridgehead atoms. The molecule has 26 heavy (non-hydrogen) atoms. The maximum Gasteiger partial charge on any atom is 0.319 e. The number of ether oxygens (including phenoxy) is 2. The third-order valence-corrected chi connectivity index (χ3v) is 4.03. The van der Waals surface area contributed by atoms with Crippen LogP contribution in [0.3, 0.4) is 0 Å². The van der Waals surface area contributed by atoms with Crippen LogP contribution in [0.5, 0.6) is 17.6 Å². The average molecular weight is 346 g/mol. The van der Waals surface area contributed by atoms with Gasteiger partial charge in [-0.15, -0.1) is 0 Å². The third kappa shape index (κ3) is 3.35. The molecule has 4 rings (SSSR count). The Bertz CT molecular complexity index is 1010. The lowest BCUT2D eigenvalue weighted by Crippen LogP contribution is -1.97. The van der Waals surface area contributed by atoms with E-state index in [1.54, 1.807) is 6.20 Å². The number of para-hydroxylation sites is 2. The van der Waals surface area contributed by atoms with Gasteiger partial charge in [-0.2, -0.15) is 4.98 Å². The summed E-state index contributed by atoms with van der Waals surface area (Å²) in [5.74, 6) is 2.14. The van der Waals surface area contributed by atoms with Crippen LogP contribution in [0.2, 0.25) is 0 Å². The Balaban J connectivity index is 1.50. The summed E-state index contributed by atoms with van der Waals surface area (Å²) in [6.07, 6.45) is 2.41. The molecule has 0 atom stereocenters. The summed E-state index contributed by atoms with van der Waals surface area (Å²) in [4.78, 5) is 16.2. The molecule has 0 amide bonds. The Kier molecular flexibility index (Phi) is 4.23. The molecule has 6 heteroatoms. The number of rotatable bonds is 5. The number of H-pyrrole nitrogens is 1. The molecule has 0 fully saturated rings. The maximum absolute atomic E-state index is 5.85. The summed E-state index contributed by atoms with van der Waals surface area (Å²) in [6, 6.07) is 16.2. The van der Waals surface area contributed by atoms with E-state index in [-0.39, 0.29) is 6.01 Å². The van der Waals surface area contributed by atoms with Gasteiger partial charge in [-0.3, -0.25) is 0 Å². The van der Waals surface area contributed by atoms with E-state index < -0.39 is 0 Å². The molecule has 0 aliphatic heterocycles. The van der Waals surface area contributed by atoms with Gasteiger partial charge in [0.15, 0.2) is 0 Å². The molecular formula is C20H18N4O2. The van der Waals surface area contributed by atoms with E-state index in [1.807, 2.05) is 55.5 Å². The zero-order valence-corrected chi connectivity index (χ0v) is 14.6. The van der Waals surface area contributed by atoms with Crippen LogP contribution < -0.4 is 9.47 Å².